The molecule has 17 heavy (non-hydrogen) atoms. The number of anilines is 1. The second-order valence-electron chi connectivity index (χ2n) is 4.21. The lowest BCUT2D eigenvalue weighted by molar-refractivity contribution is 0.114. The standard InChI is InChI=1S/C12H17N3O2/c13-9-1-3-10(4-2-9)17-11-5-7-15(8-6-11)12(14)16/h1-4,11H,5-8,13H2,(H2,14,16). The van der Waals surface area contributed by atoms with Crippen LogP contribution in [0.2, 0.25) is 0 Å². The van der Waals surface area contributed by atoms with Crippen molar-refractivity contribution < 1.29 is 9.53 Å². The van der Waals surface area contributed by atoms with E-state index in [1.165, 1.54) is 0 Å². The van der Waals surface area contributed by atoms with E-state index in [4.69, 9.17) is 16.2 Å². The number of urea groups is 1. The van der Waals surface area contributed by atoms with Crippen molar-refractivity contribution >= 4 is 11.7 Å². The number of ether oxygens (including phenoxy) is 1. The van der Waals surface area contributed by atoms with Gasteiger partial charge in [-0.15, -0.1) is 0 Å². The third-order valence-corrected chi connectivity index (χ3v) is 2.94. The second kappa shape index (κ2) is 4.95. The van der Waals surface area contributed by atoms with Gasteiger partial charge in [0.05, 0.1) is 0 Å². The number of carbonyl (C=O) groups is 1. The largest absolute Gasteiger partial charge is 0.490 e. The van der Waals surface area contributed by atoms with Crippen molar-refractivity contribution in [2.24, 2.45) is 5.73 Å². The summed E-state index contributed by atoms with van der Waals surface area (Å²) in [5, 5.41) is 0. The van der Waals surface area contributed by atoms with E-state index in [0.29, 0.717) is 13.1 Å². The van der Waals surface area contributed by atoms with Gasteiger partial charge in [-0.05, 0) is 24.3 Å². The van der Waals surface area contributed by atoms with Gasteiger partial charge >= 0.3 is 6.03 Å². The molecule has 0 bridgehead atoms. The maximum Gasteiger partial charge on any atom is 0.314 e. The molecular weight excluding hydrogens is 218 g/mol. The number of likely N-dealkylation sites (tertiary alicyclic amines) is 1. The average molecular weight is 235 g/mol. The first-order valence-corrected chi connectivity index (χ1v) is 5.72. The molecule has 1 aliphatic heterocycles. The number of nitrogens with two attached hydrogens (primary N) is 2. The fraction of sp³-hybridized carbons (Fsp3) is 0.417. The van der Waals surface area contributed by atoms with Crippen molar-refractivity contribution in [3.63, 3.8) is 0 Å². The van der Waals surface area contributed by atoms with Gasteiger partial charge in [0.1, 0.15) is 11.9 Å². The van der Waals surface area contributed by atoms with Gasteiger partial charge in [-0.25, -0.2) is 4.79 Å². The van der Waals surface area contributed by atoms with E-state index in [9.17, 15) is 4.79 Å². The van der Waals surface area contributed by atoms with E-state index in [2.05, 4.69) is 0 Å². The zero-order valence-corrected chi connectivity index (χ0v) is 9.63. The van der Waals surface area contributed by atoms with E-state index in [0.717, 1.165) is 24.3 Å². The molecule has 2 amide bonds. The van der Waals surface area contributed by atoms with Crippen LogP contribution in [-0.2, 0) is 0 Å². The SMILES string of the molecule is NC(=O)N1CCC(Oc2ccc(N)cc2)CC1. The van der Waals surface area contributed by atoms with Gasteiger partial charge in [0, 0.05) is 31.6 Å². The zero-order valence-electron chi connectivity index (χ0n) is 9.63. The number of hydrogen-bond donors (Lipinski definition) is 2. The average Bonchev–Trinajstić information content (AvgIpc) is 2.33. The van der Waals surface area contributed by atoms with Crippen LogP contribution in [0.25, 0.3) is 0 Å². The fourth-order valence-corrected chi connectivity index (χ4v) is 1.93. The molecule has 1 fully saturated rings. The van der Waals surface area contributed by atoms with Gasteiger partial charge in [-0.1, -0.05) is 0 Å². The minimum absolute atomic E-state index is 0.147. The molecule has 1 heterocycles. The molecule has 2 rings (SSSR count). The van der Waals surface area contributed by atoms with Gasteiger partial charge < -0.3 is 21.1 Å². The van der Waals surface area contributed by atoms with E-state index in [1.54, 1.807) is 4.90 Å². The van der Waals surface area contributed by atoms with Crippen molar-refractivity contribution in [1.82, 2.24) is 4.90 Å². The van der Waals surface area contributed by atoms with Crippen LogP contribution in [0.1, 0.15) is 12.8 Å². The number of primary amides is 1. The summed E-state index contributed by atoms with van der Waals surface area (Å²) in [6.07, 6.45) is 1.77. The third-order valence-electron chi connectivity index (χ3n) is 2.94. The van der Waals surface area contributed by atoms with Crippen LogP contribution >= 0.6 is 0 Å². The maximum atomic E-state index is 11.0. The number of nitrogens with zero attached hydrogens (tertiary/aromatic N) is 1. The van der Waals surface area contributed by atoms with E-state index in [-0.39, 0.29) is 12.1 Å². The lowest BCUT2D eigenvalue weighted by Gasteiger charge is -2.30. The molecule has 0 saturated carbocycles. The van der Waals surface area contributed by atoms with Crippen LogP contribution in [0.15, 0.2) is 24.3 Å². The molecule has 92 valence electrons. The lowest BCUT2D eigenvalue weighted by atomic mass is 10.1. The number of hydrogen-bond acceptors (Lipinski definition) is 3. The summed E-state index contributed by atoms with van der Waals surface area (Å²) in [4.78, 5) is 12.6. The molecule has 0 unspecified atom stereocenters. The van der Waals surface area contributed by atoms with Gasteiger partial charge in [-0.3, -0.25) is 0 Å². The molecule has 0 radical (unpaired) electrons. The Morgan fingerprint density at radius 1 is 1.24 bits per heavy atom. The molecule has 0 spiro atoms. The molecule has 1 aromatic carbocycles. The molecule has 4 N–H and O–H groups in total. The molecule has 0 aliphatic carbocycles. The number of amides is 2. The summed E-state index contributed by atoms with van der Waals surface area (Å²) < 4.78 is 5.80. The zero-order chi connectivity index (χ0) is 12.3. The van der Waals surface area contributed by atoms with Gasteiger partial charge in [0.25, 0.3) is 0 Å². The number of piperidine rings is 1. The van der Waals surface area contributed by atoms with Crippen molar-refractivity contribution in [1.29, 1.82) is 0 Å². The first kappa shape index (κ1) is 11.6. The number of rotatable bonds is 2. The Bertz CT molecular complexity index is 383. The smallest absolute Gasteiger partial charge is 0.314 e. The molecule has 5 nitrogen and oxygen atoms in total. The molecular formula is C12H17N3O2. The summed E-state index contributed by atoms with van der Waals surface area (Å²) in [6.45, 7) is 1.32. The molecule has 0 atom stereocenters. The van der Waals surface area contributed by atoms with E-state index in [1.807, 2.05) is 24.3 Å². The molecule has 5 heteroatoms. The molecule has 0 aromatic heterocycles. The fourth-order valence-electron chi connectivity index (χ4n) is 1.93. The van der Waals surface area contributed by atoms with E-state index >= 15 is 0 Å². The van der Waals surface area contributed by atoms with Crippen LogP contribution in [0.3, 0.4) is 0 Å². The van der Waals surface area contributed by atoms with E-state index < -0.39 is 0 Å². The van der Waals surface area contributed by atoms with Crippen molar-refractivity contribution in [2.45, 2.75) is 18.9 Å². The Labute approximate surface area is 100 Å². The van der Waals surface area contributed by atoms with Gasteiger partial charge in [0.2, 0.25) is 0 Å². The Morgan fingerprint density at radius 3 is 2.35 bits per heavy atom. The summed E-state index contributed by atoms with van der Waals surface area (Å²) in [7, 11) is 0. The highest BCUT2D eigenvalue weighted by Crippen LogP contribution is 2.19. The minimum atomic E-state index is -0.351. The molecule has 1 aliphatic rings. The van der Waals surface area contributed by atoms with Crippen molar-refractivity contribution in [2.75, 3.05) is 18.8 Å². The van der Waals surface area contributed by atoms with Crippen LogP contribution in [0.4, 0.5) is 10.5 Å². The summed E-state index contributed by atoms with van der Waals surface area (Å²) in [5.74, 6) is 0.816. The topological polar surface area (TPSA) is 81.6 Å². The second-order valence-corrected chi connectivity index (χ2v) is 4.21. The predicted molar refractivity (Wildman–Crippen MR) is 65.7 cm³/mol. The highest BCUT2D eigenvalue weighted by atomic mass is 16.5. The van der Waals surface area contributed by atoms with Crippen molar-refractivity contribution in [3.8, 4) is 5.75 Å². The quantitative estimate of drug-likeness (QED) is 0.755. The number of nitrogen functional groups attached to an aromatic ring is 1. The normalized spacial score (nSPS) is 16.8. The Kier molecular flexibility index (Phi) is 3.37. The Hall–Kier alpha value is -1.91. The summed E-state index contributed by atoms with van der Waals surface area (Å²) in [6, 6.07) is 6.99. The number of benzene rings is 1. The third kappa shape index (κ3) is 3.03. The minimum Gasteiger partial charge on any atom is -0.490 e. The highest BCUT2D eigenvalue weighted by Gasteiger charge is 2.22. The summed E-state index contributed by atoms with van der Waals surface area (Å²) in [5.41, 5.74) is 11.5. The first-order chi connectivity index (χ1) is 8.15. The number of carbonyl (C=O) groups excluding carboxylic acids is 1. The summed E-state index contributed by atoms with van der Waals surface area (Å²) >= 11 is 0. The lowest BCUT2D eigenvalue weighted by Crippen LogP contribution is -2.44. The van der Waals surface area contributed by atoms with Crippen LogP contribution < -0.4 is 16.2 Å². The van der Waals surface area contributed by atoms with Crippen molar-refractivity contribution in [3.05, 3.63) is 24.3 Å². The van der Waals surface area contributed by atoms with Gasteiger partial charge in [-0.2, -0.15) is 0 Å². The molecule has 1 aromatic rings. The molecule has 1 saturated heterocycles. The monoisotopic (exact) mass is 235 g/mol. The Balaban J connectivity index is 1.85. The van der Waals surface area contributed by atoms with Crippen LogP contribution in [-0.4, -0.2) is 30.1 Å². The predicted octanol–water partition coefficient (Wildman–Crippen LogP) is 1.19. The van der Waals surface area contributed by atoms with Gasteiger partial charge in [0.15, 0.2) is 0 Å². The van der Waals surface area contributed by atoms with Crippen LogP contribution in [0.5, 0.6) is 5.75 Å². The van der Waals surface area contributed by atoms with Crippen LogP contribution in [0, 0.1) is 0 Å². The first-order valence-electron chi connectivity index (χ1n) is 5.72. The highest BCUT2D eigenvalue weighted by molar-refractivity contribution is 5.72. The maximum absolute atomic E-state index is 11.0. The Morgan fingerprint density at radius 2 is 1.82 bits per heavy atom.